The van der Waals surface area contributed by atoms with Gasteiger partial charge in [0.15, 0.2) is 0 Å². The summed E-state index contributed by atoms with van der Waals surface area (Å²) in [5.74, 6) is 0.889. The molecule has 0 aromatic carbocycles. The van der Waals surface area contributed by atoms with E-state index in [0.29, 0.717) is 44.5 Å². The second kappa shape index (κ2) is 6.64. The number of halogens is 2. The second-order valence-electron chi connectivity index (χ2n) is 7.50. The van der Waals surface area contributed by atoms with Crippen LogP contribution in [-0.2, 0) is 11.3 Å². The third-order valence-corrected chi connectivity index (χ3v) is 6.10. The largest absolute Gasteiger partial charge is 0.340 e. The summed E-state index contributed by atoms with van der Waals surface area (Å²) in [5.41, 5.74) is 0.265. The van der Waals surface area contributed by atoms with Crippen LogP contribution in [0, 0.1) is 11.3 Å². The molecule has 6 nitrogen and oxygen atoms in total. The first-order valence-electron chi connectivity index (χ1n) is 9.11. The zero-order valence-electron chi connectivity index (χ0n) is 14.3. The number of aromatic nitrogens is 2. The summed E-state index contributed by atoms with van der Waals surface area (Å²) in [6, 6.07) is 0. The van der Waals surface area contributed by atoms with E-state index in [1.807, 2.05) is 4.90 Å². The highest BCUT2D eigenvalue weighted by molar-refractivity contribution is 5.82. The zero-order chi connectivity index (χ0) is 17.4. The van der Waals surface area contributed by atoms with Gasteiger partial charge in [0, 0.05) is 44.5 Å². The summed E-state index contributed by atoms with van der Waals surface area (Å²) in [6.07, 6.45) is 5.98. The molecular formula is C17H25F2N5O. The molecule has 4 rings (SSSR count). The molecular weight excluding hydrogens is 328 g/mol. The van der Waals surface area contributed by atoms with Crippen molar-refractivity contribution in [2.75, 3.05) is 39.3 Å². The Morgan fingerprint density at radius 2 is 2.00 bits per heavy atom. The summed E-state index contributed by atoms with van der Waals surface area (Å²) in [7, 11) is 0. The SMILES string of the molecule is O=C(C1CC12CCNCC2)N1CCN(Cc2nccn2C(F)F)CC1. The van der Waals surface area contributed by atoms with Crippen LogP contribution < -0.4 is 5.32 Å². The van der Waals surface area contributed by atoms with Gasteiger partial charge in [-0.3, -0.25) is 14.3 Å². The van der Waals surface area contributed by atoms with Crippen LogP contribution >= 0.6 is 0 Å². The molecule has 8 heteroatoms. The van der Waals surface area contributed by atoms with Crippen molar-refractivity contribution in [2.45, 2.75) is 32.4 Å². The maximum atomic E-state index is 12.9. The Morgan fingerprint density at radius 3 is 2.68 bits per heavy atom. The average molecular weight is 353 g/mol. The van der Waals surface area contributed by atoms with Gasteiger partial charge >= 0.3 is 6.55 Å². The van der Waals surface area contributed by atoms with Crippen LogP contribution in [0.4, 0.5) is 8.78 Å². The fourth-order valence-corrected chi connectivity index (χ4v) is 4.36. The Hall–Kier alpha value is -1.54. The van der Waals surface area contributed by atoms with Crippen molar-refractivity contribution >= 4 is 5.91 Å². The number of imidazole rings is 1. The van der Waals surface area contributed by atoms with Crippen LogP contribution in [0.1, 0.15) is 31.6 Å². The quantitative estimate of drug-likeness (QED) is 0.887. The minimum absolute atomic E-state index is 0.207. The number of hydrogen-bond donors (Lipinski definition) is 1. The van der Waals surface area contributed by atoms with E-state index in [1.54, 1.807) is 0 Å². The lowest BCUT2D eigenvalue weighted by atomic mass is 9.91. The standard InChI is InChI=1S/C17H25F2N5O/c18-16(19)24-6-5-21-14(24)12-22-7-9-23(10-8-22)15(25)13-11-17(13)1-3-20-4-2-17/h5-6,13,16,20H,1-4,7-12H2. The van der Waals surface area contributed by atoms with Crippen molar-refractivity contribution in [2.24, 2.45) is 11.3 Å². The van der Waals surface area contributed by atoms with Crippen LogP contribution in [0.25, 0.3) is 0 Å². The summed E-state index contributed by atoms with van der Waals surface area (Å²) >= 11 is 0. The van der Waals surface area contributed by atoms with Gasteiger partial charge in [0.05, 0.1) is 6.54 Å². The fraction of sp³-hybridized carbons (Fsp3) is 0.765. The van der Waals surface area contributed by atoms with Gasteiger partial charge in [0.1, 0.15) is 5.82 Å². The molecule has 1 atom stereocenters. The second-order valence-corrected chi connectivity index (χ2v) is 7.50. The summed E-state index contributed by atoms with van der Waals surface area (Å²) in [4.78, 5) is 20.9. The molecule has 138 valence electrons. The number of amides is 1. The van der Waals surface area contributed by atoms with Gasteiger partial charge in [-0.05, 0) is 37.8 Å². The number of piperazine rings is 1. The highest BCUT2D eigenvalue weighted by Crippen LogP contribution is 2.59. The van der Waals surface area contributed by atoms with E-state index < -0.39 is 6.55 Å². The number of nitrogens with one attached hydrogen (secondary N) is 1. The molecule has 3 aliphatic rings. The minimum atomic E-state index is -2.56. The third-order valence-electron chi connectivity index (χ3n) is 6.10. The lowest BCUT2D eigenvalue weighted by Gasteiger charge is -2.35. The Kier molecular flexibility index (Phi) is 4.49. The van der Waals surface area contributed by atoms with Crippen molar-refractivity contribution in [1.82, 2.24) is 24.7 Å². The van der Waals surface area contributed by atoms with Gasteiger partial charge in [-0.2, -0.15) is 8.78 Å². The van der Waals surface area contributed by atoms with Crippen molar-refractivity contribution in [3.63, 3.8) is 0 Å². The molecule has 3 fully saturated rings. The van der Waals surface area contributed by atoms with Crippen LogP contribution in [0.2, 0.25) is 0 Å². The van der Waals surface area contributed by atoms with E-state index in [4.69, 9.17) is 0 Å². The number of carbonyl (C=O) groups is 1. The molecule has 0 bridgehead atoms. The molecule has 3 heterocycles. The van der Waals surface area contributed by atoms with Crippen LogP contribution in [0.5, 0.6) is 0 Å². The predicted molar refractivity (Wildman–Crippen MR) is 88.0 cm³/mol. The summed E-state index contributed by atoms with van der Waals surface area (Å²) in [6.45, 7) is 2.67. The predicted octanol–water partition coefficient (Wildman–Crippen LogP) is 1.31. The van der Waals surface area contributed by atoms with E-state index in [2.05, 4.69) is 15.2 Å². The molecule has 1 saturated carbocycles. The Morgan fingerprint density at radius 1 is 1.28 bits per heavy atom. The number of alkyl halides is 2. The minimum Gasteiger partial charge on any atom is -0.340 e. The molecule has 1 aromatic heterocycles. The molecule has 1 unspecified atom stereocenters. The van der Waals surface area contributed by atoms with Gasteiger partial charge in [-0.15, -0.1) is 0 Å². The molecule has 1 amide bonds. The number of nitrogens with zero attached hydrogens (tertiary/aromatic N) is 4. The van der Waals surface area contributed by atoms with E-state index in [-0.39, 0.29) is 11.3 Å². The number of hydrogen-bond acceptors (Lipinski definition) is 4. The Balaban J connectivity index is 1.28. The molecule has 1 aliphatic carbocycles. The highest BCUT2D eigenvalue weighted by atomic mass is 19.3. The molecule has 2 saturated heterocycles. The van der Waals surface area contributed by atoms with Crippen molar-refractivity contribution in [3.05, 3.63) is 18.2 Å². The van der Waals surface area contributed by atoms with E-state index in [0.717, 1.165) is 36.9 Å². The van der Waals surface area contributed by atoms with E-state index >= 15 is 0 Å². The maximum Gasteiger partial charge on any atom is 0.319 e. The summed E-state index contributed by atoms with van der Waals surface area (Å²) in [5, 5.41) is 3.37. The first-order chi connectivity index (χ1) is 12.1. The van der Waals surface area contributed by atoms with Crippen LogP contribution in [0.3, 0.4) is 0 Å². The van der Waals surface area contributed by atoms with Crippen LogP contribution in [-0.4, -0.2) is 64.5 Å². The topological polar surface area (TPSA) is 53.4 Å². The zero-order valence-corrected chi connectivity index (χ0v) is 14.3. The molecule has 0 radical (unpaired) electrons. The number of piperidine rings is 1. The van der Waals surface area contributed by atoms with Gasteiger partial charge in [-0.1, -0.05) is 0 Å². The van der Waals surface area contributed by atoms with Crippen LogP contribution in [0.15, 0.2) is 12.4 Å². The number of carbonyl (C=O) groups excluding carboxylic acids is 1. The molecule has 2 aliphatic heterocycles. The monoisotopic (exact) mass is 353 g/mol. The lowest BCUT2D eigenvalue weighted by Crippen LogP contribution is -2.49. The van der Waals surface area contributed by atoms with E-state index in [9.17, 15) is 13.6 Å². The fourth-order valence-electron chi connectivity index (χ4n) is 4.36. The molecule has 1 aromatic rings. The van der Waals surface area contributed by atoms with E-state index in [1.165, 1.54) is 12.4 Å². The molecule has 1 N–H and O–H groups in total. The van der Waals surface area contributed by atoms with Crippen molar-refractivity contribution in [3.8, 4) is 0 Å². The van der Waals surface area contributed by atoms with Gasteiger partial charge in [-0.25, -0.2) is 4.98 Å². The summed E-state index contributed by atoms with van der Waals surface area (Å²) < 4.78 is 26.7. The van der Waals surface area contributed by atoms with Gasteiger partial charge in [0.25, 0.3) is 0 Å². The molecule has 1 spiro atoms. The number of rotatable bonds is 4. The Labute approximate surface area is 146 Å². The lowest BCUT2D eigenvalue weighted by molar-refractivity contribution is -0.135. The third kappa shape index (κ3) is 3.29. The average Bonchev–Trinajstić information content (AvgIpc) is 3.09. The van der Waals surface area contributed by atoms with Crippen molar-refractivity contribution < 1.29 is 13.6 Å². The van der Waals surface area contributed by atoms with Crippen molar-refractivity contribution in [1.29, 1.82) is 0 Å². The first kappa shape index (κ1) is 16.9. The Bertz CT molecular complexity index is 620. The smallest absolute Gasteiger partial charge is 0.319 e. The van der Waals surface area contributed by atoms with Gasteiger partial charge in [0.2, 0.25) is 5.91 Å². The van der Waals surface area contributed by atoms with Gasteiger partial charge < -0.3 is 10.2 Å². The first-order valence-corrected chi connectivity index (χ1v) is 9.11. The molecule has 25 heavy (non-hydrogen) atoms. The highest BCUT2D eigenvalue weighted by Gasteiger charge is 2.58. The maximum absolute atomic E-state index is 12.9. The normalized spacial score (nSPS) is 26.4.